The number of amides is 1. The molecule has 1 heterocycles. The summed E-state index contributed by atoms with van der Waals surface area (Å²) in [5, 5.41) is 17.9. The molecule has 3 aromatic carbocycles. The largest absolute Gasteiger partial charge is 0.497 e. The number of para-hydroxylation sites is 1. The molecule has 0 saturated carbocycles. The molecule has 0 atom stereocenters. The number of rotatable bonds is 11. The Balaban J connectivity index is 1.59. The molecule has 190 valence electrons. The Morgan fingerprint density at radius 1 is 0.895 bits per heavy atom. The molecule has 8 heteroatoms. The molecule has 1 amide bonds. The zero-order valence-electron chi connectivity index (χ0n) is 21.1. The average molecular weight is 506 g/mol. The van der Waals surface area contributed by atoms with E-state index < -0.39 is 0 Å². The minimum absolute atomic E-state index is 0.116. The molecule has 0 bridgehead atoms. The normalized spacial score (nSPS) is 13.6. The van der Waals surface area contributed by atoms with Crippen molar-refractivity contribution in [1.29, 1.82) is 10.5 Å². The third-order valence-electron chi connectivity index (χ3n) is 5.92. The molecule has 1 aliphatic rings. The number of amidine groups is 1. The summed E-state index contributed by atoms with van der Waals surface area (Å²) in [6.45, 7) is 1.21. The van der Waals surface area contributed by atoms with Gasteiger partial charge in [0.15, 0.2) is 5.84 Å². The van der Waals surface area contributed by atoms with Crippen molar-refractivity contribution < 1.29 is 14.3 Å². The molecule has 0 spiro atoms. The van der Waals surface area contributed by atoms with E-state index in [2.05, 4.69) is 17.1 Å². The van der Waals surface area contributed by atoms with Gasteiger partial charge in [-0.25, -0.2) is 4.99 Å². The predicted octanol–water partition coefficient (Wildman–Crippen LogP) is 5.19. The second-order valence-corrected chi connectivity index (χ2v) is 8.39. The van der Waals surface area contributed by atoms with Gasteiger partial charge < -0.3 is 14.4 Å². The Kier molecular flexibility index (Phi) is 8.72. The number of methoxy groups -OCH3 is 1. The SMILES string of the molecule is COc1ccc(N2C(=O)C(=Cc3ccc(N(CCC#N)CCC#N)cc3)N=C2COc2ccccc2)cc1. The number of benzene rings is 3. The van der Waals surface area contributed by atoms with Gasteiger partial charge in [-0.3, -0.25) is 9.69 Å². The van der Waals surface area contributed by atoms with Crippen molar-refractivity contribution in [3.8, 4) is 23.6 Å². The smallest absolute Gasteiger partial charge is 0.282 e. The molecule has 0 aliphatic carbocycles. The quantitative estimate of drug-likeness (QED) is 0.332. The first-order valence-electron chi connectivity index (χ1n) is 12.2. The summed E-state index contributed by atoms with van der Waals surface area (Å²) < 4.78 is 11.2. The predicted molar refractivity (Wildman–Crippen MR) is 147 cm³/mol. The average Bonchev–Trinajstić information content (AvgIpc) is 3.27. The highest BCUT2D eigenvalue weighted by Gasteiger charge is 2.32. The second kappa shape index (κ2) is 12.8. The first-order valence-corrected chi connectivity index (χ1v) is 12.2. The van der Waals surface area contributed by atoms with Crippen molar-refractivity contribution in [3.05, 3.63) is 90.1 Å². The molecule has 1 aliphatic heterocycles. The van der Waals surface area contributed by atoms with Crippen molar-refractivity contribution in [1.82, 2.24) is 0 Å². The zero-order valence-corrected chi connectivity index (χ0v) is 21.1. The molecule has 38 heavy (non-hydrogen) atoms. The second-order valence-electron chi connectivity index (χ2n) is 8.39. The van der Waals surface area contributed by atoms with E-state index in [9.17, 15) is 4.79 Å². The Bertz CT molecular complexity index is 1370. The van der Waals surface area contributed by atoms with E-state index >= 15 is 0 Å². The van der Waals surface area contributed by atoms with Crippen LogP contribution in [0.5, 0.6) is 11.5 Å². The van der Waals surface area contributed by atoms with Crippen LogP contribution in [-0.4, -0.2) is 38.5 Å². The standard InChI is InChI=1S/C30H27N5O3/c1-37-26-15-13-25(14-16-26)35-29(22-38-27-7-3-2-4-8-27)33-28(30(35)36)21-23-9-11-24(12-10-23)34(19-5-17-31)20-6-18-32/h2-4,7-16,21H,5-6,19-20,22H2,1H3. The lowest BCUT2D eigenvalue weighted by Crippen LogP contribution is -2.35. The lowest BCUT2D eigenvalue weighted by atomic mass is 10.1. The maximum absolute atomic E-state index is 13.5. The van der Waals surface area contributed by atoms with Crippen LogP contribution in [0.15, 0.2) is 89.6 Å². The van der Waals surface area contributed by atoms with Gasteiger partial charge in [0.2, 0.25) is 0 Å². The summed E-state index contributed by atoms with van der Waals surface area (Å²) in [4.78, 5) is 21.7. The van der Waals surface area contributed by atoms with Crippen LogP contribution in [-0.2, 0) is 4.79 Å². The highest BCUT2D eigenvalue weighted by molar-refractivity contribution is 6.29. The molecule has 8 nitrogen and oxygen atoms in total. The van der Waals surface area contributed by atoms with E-state index in [4.69, 9.17) is 20.0 Å². The first kappa shape index (κ1) is 26.0. The summed E-state index contributed by atoms with van der Waals surface area (Å²) in [5.41, 5.74) is 2.68. The lowest BCUT2D eigenvalue weighted by Gasteiger charge is -2.22. The van der Waals surface area contributed by atoms with Gasteiger partial charge in [0.25, 0.3) is 5.91 Å². The van der Waals surface area contributed by atoms with Crippen LogP contribution in [0.3, 0.4) is 0 Å². The zero-order chi connectivity index (χ0) is 26.7. The summed E-state index contributed by atoms with van der Waals surface area (Å²) in [6, 6.07) is 28.5. The molecule has 0 N–H and O–H groups in total. The number of hydrogen-bond acceptors (Lipinski definition) is 7. The van der Waals surface area contributed by atoms with Crippen LogP contribution < -0.4 is 19.3 Å². The van der Waals surface area contributed by atoms with Crippen LogP contribution >= 0.6 is 0 Å². The Morgan fingerprint density at radius 2 is 1.55 bits per heavy atom. The number of carbonyl (C=O) groups is 1. The number of ether oxygens (including phenoxy) is 2. The van der Waals surface area contributed by atoms with E-state index in [0.29, 0.717) is 54.7 Å². The third kappa shape index (κ3) is 6.37. The van der Waals surface area contributed by atoms with Gasteiger partial charge in [0.05, 0.1) is 37.8 Å². The molecule has 0 saturated heterocycles. The lowest BCUT2D eigenvalue weighted by molar-refractivity contribution is -0.113. The number of nitriles is 2. The monoisotopic (exact) mass is 505 g/mol. The van der Waals surface area contributed by atoms with E-state index in [1.165, 1.54) is 0 Å². The Labute approximate surface area is 222 Å². The first-order chi connectivity index (χ1) is 18.6. The van der Waals surface area contributed by atoms with Gasteiger partial charge in [0.1, 0.15) is 23.8 Å². The maximum atomic E-state index is 13.5. The molecule has 0 fully saturated rings. The van der Waals surface area contributed by atoms with E-state index in [1.54, 1.807) is 30.2 Å². The number of nitrogens with zero attached hydrogens (tertiary/aromatic N) is 5. The van der Waals surface area contributed by atoms with Crippen molar-refractivity contribution >= 4 is 29.2 Å². The van der Waals surface area contributed by atoms with E-state index in [1.807, 2.05) is 71.6 Å². The molecular weight excluding hydrogens is 478 g/mol. The molecular formula is C30H27N5O3. The van der Waals surface area contributed by atoms with E-state index in [-0.39, 0.29) is 12.5 Å². The van der Waals surface area contributed by atoms with E-state index in [0.717, 1.165) is 11.3 Å². The van der Waals surface area contributed by atoms with Gasteiger partial charge in [0, 0.05) is 18.8 Å². The van der Waals surface area contributed by atoms with Gasteiger partial charge in [-0.2, -0.15) is 10.5 Å². The summed E-state index contributed by atoms with van der Waals surface area (Å²) in [6.07, 6.45) is 2.48. The maximum Gasteiger partial charge on any atom is 0.282 e. The summed E-state index contributed by atoms with van der Waals surface area (Å²) in [5.74, 6) is 1.60. The van der Waals surface area contributed by atoms with Gasteiger partial charge in [-0.15, -0.1) is 0 Å². The highest BCUT2D eigenvalue weighted by Crippen LogP contribution is 2.28. The summed E-state index contributed by atoms with van der Waals surface area (Å²) >= 11 is 0. The Hall–Kier alpha value is -5.08. The van der Waals surface area contributed by atoms with Gasteiger partial charge in [-0.05, 0) is 60.2 Å². The number of aliphatic imine (C=N–C) groups is 1. The van der Waals surface area contributed by atoms with Crippen LogP contribution in [0.4, 0.5) is 11.4 Å². The Morgan fingerprint density at radius 3 is 2.16 bits per heavy atom. The van der Waals surface area contributed by atoms with Gasteiger partial charge >= 0.3 is 0 Å². The molecule has 0 aromatic heterocycles. The fourth-order valence-electron chi connectivity index (χ4n) is 4.00. The van der Waals surface area contributed by atoms with Crippen LogP contribution in [0.25, 0.3) is 6.08 Å². The van der Waals surface area contributed by atoms with Crippen LogP contribution in [0.2, 0.25) is 0 Å². The molecule has 3 aromatic rings. The fraction of sp³-hybridized carbons (Fsp3) is 0.200. The van der Waals surface area contributed by atoms with Crippen molar-refractivity contribution in [2.75, 3.05) is 36.6 Å². The number of hydrogen-bond donors (Lipinski definition) is 0. The molecule has 4 rings (SSSR count). The number of carbonyl (C=O) groups excluding carboxylic acids is 1. The minimum atomic E-state index is -0.254. The minimum Gasteiger partial charge on any atom is -0.497 e. The third-order valence-corrected chi connectivity index (χ3v) is 5.92. The van der Waals surface area contributed by atoms with Crippen molar-refractivity contribution in [2.24, 2.45) is 4.99 Å². The fourth-order valence-corrected chi connectivity index (χ4v) is 4.00. The van der Waals surface area contributed by atoms with Crippen LogP contribution in [0, 0.1) is 22.7 Å². The highest BCUT2D eigenvalue weighted by atomic mass is 16.5. The van der Waals surface area contributed by atoms with Crippen molar-refractivity contribution in [3.63, 3.8) is 0 Å². The molecule has 0 unspecified atom stereocenters. The molecule has 0 radical (unpaired) electrons. The topological polar surface area (TPSA) is 102 Å². The van der Waals surface area contributed by atoms with Gasteiger partial charge in [-0.1, -0.05) is 30.3 Å². The summed E-state index contributed by atoms with van der Waals surface area (Å²) in [7, 11) is 1.59. The van der Waals surface area contributed by atoms with Crippen LogP contribution in [0.1, 0.15) is 18.4 Å². The number of anilines is 2. The van der Waals surface area contributed by atoms with Crippen molar-refractivity contribution in [2.45, 2.75) is 12.8 Å².